The van der Waals surface area contributed by atoms with Gasteiger partial charge in [-0.05, 0) is 48.5 Å². The van der Waals surface area contributed by atoms with E-state index in [9.17, 15) is 26.0 Å². The van der Waals surface area contributed by atoms with Gasteiger partial charge in [0.15, 0.2) is 23.3 Å². The Hall–Kier alpha value is -2.87. The molecular formula is C18H13F4NO2S. The fourth-order valence-corrected chi connectivity index (χ4v) is 3.19. The van der Waals surface area contributed by atoms with Gasteiger partial charge in [-0.3, -0.25) is 0 Å². The zero-order valence-electron chi connectivity index (χ0n) is 13.2. The topological polar surface area (TPSA) is 60.2 Å². The summed E-state index contributed by atoms with van der Waals surface area (Å²) in [5.41, 5.74) is 5.35. The van der Waals surface area contributed by atoms with Gasteiger partial charge in [0.2, 0.25) is 9.84 Å². The number of anilines is 1. The molecule has 0 aliphatic carbocycles. The van der Waals surface area contributed by atoms with E-state index in [1.807, 2.05) is 0 Å². The van der Waals surface area contributed by atoms with Gasteiger partial charge in [-0.2, -0.15) is 0 Å². The van der Waals surface area contributed by atoms with Crippen LogP contribution in [0.25, 0.3) is 0 Å². The first-order chi connectivity index (χ1) is 12.2. The molecule has 0 aliphatic rings. The Kier molecular flexibility index (Phi) is 5.99. The largest absolute Gasteiger partial charge is 0.399 e. The standard InChI is InChI=1S/C12H8F2O2S.C6H5F2N/c13-11-7-6-10(8-12(11)14)17(15,16)9-4-2-1-3-5-9;7-5-2-1-4(9)3-6(5)8/h1-8H;1-3H,9H2. The van der Waals surface area contributed by atoms with Crippen LogP contribution in [-0.2, 0) is 9.84 Å². The summed E-state index contributed by atoms with van der Waals surface area (Å²) in [7, 11) is -3.78. The van der Waals surface area contributed by atoms with Gasteiger partial charge in [-0.1, -0.05) is 18.2 Å². The van der Waals surface area contributed by atoms with E-state index < -0.39 is 33.1 Å². The molecule has 2 N–H and O–H groups in total. The molecule has 0 saturated carbocycles. The molecule has 0 unspecified atom stereocenters. The smallest absolute Gasteiger partial charge is 0.206 e. The molecule has 8 heteroatoms. The molecule has 0 aromatic heterocycles. The lowest BCUT2D eigenvalue weighted by atomic mass is 10.3. The first-order valence-corrected chi connectivity index (χ1v) is 8.66. The van der Waals surface area contributed by atoms with E-state index in [1.54, 1.807) is 18.2 Å². The summed E-state index contributed by atoms with van der Waals surface area (Å²) in [6.45, 7) is 0. The van der Waals surface area contributed by atoms with E-state index in [2.05, 4.69) is 0 Å². The summed E-state index contributed by atoms with van der Waals surface area (Å²) in [4.78, 5) is -0.214. The molecule has 3 rings (SSSR count). The Balaban J connectivity index is 0.000000228. The molecule has 0 aliphatic heterocycles. The molecule has 3 nitrogen and oxygen atoms in total. The number of nitrogens with two attached hydrogens (primary N) is 1. The molecule has 3 aromatic rings. The maximum Gasteiger partial charge on any atom is 0.206 e. The van der Waals surface area contributed by atoms with Gasteiger partial charge in [0.05, 0.1) is 9.79 Å². The molecular weight excluding hydrogens is 370 g/mol. The Labute approximate surface area is 147 Å². The van der Waals surface area contributed by atoms with Crippen LogP contribution in [-0.4, -0.2) is 8.42 Å². The molecule has 26 heavy (non-hydrogen) atoms. The summed E-state index contributed by atoms with van der Waals surface area (Å²) in [5.74, 6) is -4.03. The van der Waals surface area contributed by atoms with Crippen LogP contribution in [0.15, 0.2) is 76.5 Å². The maximum absolute atomic E-state index is 13.0. The van der Waals surface area contributed by atoms with Crippen molar-refractivity contribution in [3.8, 4) is 0 Å². The van der Waals surface area contributed by atoms with Gasteiger partial charge in [0.1, 0.15) is 0 Å². The molecule has 136 valence electrons. The highest BCUT2D eigenvalue weighted by atomic mass is 32.2. The van der Waals surface area contributed by atoms with Gasteiger partial charge in [0.25, 0.3) is 0 Å². The van der Waals surface area contributed by atoms with Crippen LogP contribution in [0.2, 0.25) is 0 Å². The van der Waals surface area contributed by atoms with E-state index in [1.165, 1.54) is 18.2 Å². The Bertz CT molecular complexity index is 1010. The monoisotopic (exact) mass is 383 g/mol. The normalized spacial score (nSPS) is 10.8. The Morgan fingerprint density at radius 2 is 1.15 bits per heavy atom. The third-order valence-electron chi connectivity index (χ3n) is 3.20. The summed E-state index contributed by atoms with van der Waals surface area (Å²) in [5, 5.41) is 0. The molecule has 0 radical (unpaired) electrons. The third-order valence-corrected chi connectivity index (χ3v) is 4.97. The van der Waals surface area contributed by atoms with E-state index in [4.69, 9.17) is 5.73 Å². The van der Waals surface area contributed by atoms with Crippen molar-refractivity contribution < 1.29 is 26.0 Å². The number of rotatable bonds is 2. The number of sulfone groups is 1. The van der Waals surface area contributed by atoms with E-state index in [0.29, 0.717) is 6.07 Å². The van der Waals surface area contributed by atoms with Crippen molar-refractivity contribution in [3.05, 3.63) is 90.0 Å². The maximum atomic E-state index is 13.0. The van der Waals surface area contributed by atoms with Crippen molar-refractivity contribution in [2.75, 3.05) is 5.73 Å². The third kappa shape index (κ3) is 4.60. The predicted molar refractivity (Wildman–Crippen MR) is 89.0 cm³/mol. The molecule has 0 saturated heterocycles. The van der Waals surface area contributed by atoms with Gasteiger partial charge in [-0.25, -0.2) is 26.0 Å². The minimum Gasteiger partial charge on any atom is -0.399 e. The lowest BCUT2D eigenvalue weighted by Crippen LogP contribution is -2.02. The molecule has 0 bridgehead atoms. The van der Waals surface area contributed by atoms with Gasteiger partial charge in [0, 0.05) is 5.69 Å². The number of halogens is 4. The highest BCUT2D eigenvalue weighted by Crippen LogP contribution is 2.21. The van der Waals surface area contributed by atoms with E-state index >= 15 is 0 Å². The number of benzene rings is 3. The highest BCUT2D eigenvalue weighted by Gasteiger charge is 2.18. The van der Waals surface area contributed by atoms with Crippen LogP contribution < -0.4 is 5.73 Å². The number of hydrogen-bond donors (Lipinski definition) is 1. The Morgan fingerprint density at radius 1 is 0.615 bits per heavy atom. The average Bonchev–Trinajstić information content (AvgIpc) is 2.62. The lowest BCUT2D eigenvalue weighted by Gasteiger charge is -2.04. The molecule has 0 spiro atoms. The first-order valence-electron chi connectivity index (χ1n) is 7.17. The fourth-order valence-electron chi connectivity index (χ4n) is 1.89. The van der Waals surface area contributed by atoms with Crippen LogP contribution in [0.4, 0.5) is 23.2 Å². The number of hydrogen-bond acceptors (Lipinski definition) is 3. The highest BCUT2D eigenvalue weighted by molar-refractivity contribution is 7.91. The summed E-state index contributed by atoms with van der Waals surface area (Å²) in [6.07, 6.45) is 0. The van der Waals surface area contributed by atoms with Crippen LogP contribution in [0, 0.1) is 23.3 Å². The second-order valence-corrected chi connectivity index (χ2v) is 7.02. The minimum atomic E-state index is -3.78. The van der Waals surface area contributed by atoms with Crippen molar-refractivity contribution in [1.82, 2.24) is 0 Å². The molecule has 3 aromatic carbocycles. The summed E-state index contributed by atoms with van der Waals surface area (Å²) < 4.78 is 73.9. The first kappa shape index (κ1) is 19.5. The van der Waals surface area contributed by atoms with E-state index in [0.717, 1.165) is 24.3 Å². The second-order valence-electron chi connectivity index (χ2n) is 5.07. The van der Waals surface area contributed by atoms with Crippen LogP contribution in [0.1, 0.15) is 0 Å². The van der Waals surface area contributed by atoms with Crippen LogP contribution in [0.3, 0.4) is 0 Å². The SMILES string of the molecule is Nc1ccc(F)c(F)c1.O=S(=O)(c1ccccc1)c1ccc(F)c(F)c1. The second kappa shape index (κ2) is 8.01. The van der Waals surface area contributed by atoms with Crippen molar-refractivity contribution in [2.24, 2.45) is 0 Å². The zero-order valence-corrected chi connectivity index (χ0v) is 14.0. The number of nitrogen functional groups attached to an aromatic ring is 1. The van der Waals surface area contributed by atoms with Crippen molar-refractivity contribution in [3.63, 3.8) is 0 Å². The van der Waals surface area contributed by atoms with Crippen molar-refractivity contribution >= 4 is 15.5 Å². The van der Waals surface area contributed by atoms with Crippen LogP contribution >= 0.6 is 0 Å². The van der Waals surface area contributed by atoms with Crippen molar-refractivity contribution in [1.29, 1.82) is 0 Å². The molecule has 0 heterocycles. The summed E-state index contributed by atoms with van der Waals surface area (Å²) >= 11 is 0. The van der Waals surface area contributed by atoms with E-state index in [-0.39, 0.29) is 15.5 Å². The van der Waals surface area contributed by atoms with Crippen LogP contribution in [0.5, 0.6) is 0 Å². The van der Waals surface area contributed by atoms with Crippen molar-refractivity contribution in [2.45, 2.75) is 9.79 Å². The Morgan fingerprint density at radius 3 is 1.65 bits per heavy atom. The zero-order chi connectivity index (χ0) is 19.3. The molecule has 0 atom stereocenters. The fraction of sp³-hybridized carbons (Fsp3) is 0. The van der Waals surface area contributed by atoms with Gasteiger partial charge in [-0.15, -0.1) is 0 Å². The van der Waals surface area contributed by atoms with Gasteiger partial charge < -0.3 is 5.73 Å². The van der Waals surface area contributed by atoms with Gasteiger partial charge >= 0.3 is 0 Å². The predicted octanol–water partition coefficient (Wildman–Crippen LogP) is 4.34. The molecule has 0 fully saturated rings. The lowest BCUT2D eigenvalue weighted by molar-refractivity contribution is 0.504. The molecule has 0 amide bonds. The quantitative estimate of drug-likeness (QED) is 0.407. The average molecular weight is 383 g/mol. The summed E-state index contributed by atoms with van der Waals surface area (Å²) in [6, 6.07) is 13.3. The minimum absolute atomic E-state index is 0.0472.